The van der Waals surface area contributed by atoms with E-state index in [-0.39, 0.29) is 18.6 Å². The Hall–Kier alpha value is -0.770. The summed E-state index contributed by atoms with van der Waals surface area (Å²) in [4.78, 5) is 2.10. The maximum Gasteiger partial charge on any atom is 0.0642 e. The van der Waals surface area contributed by atoms with Crippen LogP contribution in [0.25, 0.3) is 0 Å². The molecule has 0 bridgehead atoms. The monoisotopic (exact) mass is 226 g/mol. The van der Waals surface area contributed by atoms with Gasteiger partial charge in [-0.05, 0) is 11.6 Å². The Morgan fingerprint density at radius 3 is 3.07 bits per heavy atom. The van der Waals surface area contributed by atoms with Gasteiger partial charge in [0.05, 0.1) is 17.3 Å². The summed E-state index contributed by atoms with van der Waals surface area (Å²) in [5.74, 6) is 0.175. The number of benzene rings is 1. The number of rotatable bonds is 2. The number of aliphatic hydroxyl groups is 1. The van der Waals surface area contributed by atoms with E-state index in [2.05, 4.69) is 4.90 Å². The van der Waals surface area contributed by atoms with Crippen LogP contribution in [0, 0.1) is 0 Å². The number of halogens is 1. The number of fused-ring (bicyclic) bond motifs is 1. The number of nitrogens with two attached hydrogens (primary N) is 1. The molecule has 0 saturated carbocycles. The minimum absolute atomic E-state index is 0.00442. The van der Waals surface area contributed by atoms with E-state index in [0.717, 1.165) is 22.8 Å². The minimum atomic E-state index is -0.216. The zero-order chi connectivity index (χ0) is 11.0. The van der Waals surface area contributed by atoms with Gasteiger partial charge in [-0.1, -0.05) is 23.7 Å². The van der Waals surface area contributed by atoms with Crippen molar-refractivity contribution < 1.29 is 5.11 Å². The molecule has 2 rings (SSSR count). The Bertz CT molecular complexity index is 370. The van der Waals surface area contributed by atoms with Gasteiger partial charge >= 0.3 is 0 Å². The molecular weight excluding hydrogens is 212 g/mol. The van der Waals surface area contributed by atoms with E-state index in [1.165, 1.54) is 0 Å². The van der Waals surface area contributed by atoms with Gasteiger partial charge in [0.15, 0.2) is 0 Å². The van der Waals surface area contributed by atoms with Gasteiger partial charge < -0.3 is 15.7 Å². The molecule has 0 aliphatic carbocycles. The quantitative estimate of drug-likeness (QED) is 0.797. The Morgan fingerprint density at radius 2 is 2.40 bits per heavy atom. The number of para-hydroxylation sites is 1. The van der Waals surface area contributed by atoms with Gasteiger partial charge in [-0.15, -0.1) is 0 Å². The van der Waals surface area contributed by atoms with Crippen LogP contribution in [0.3, 0.4) is 0 Å². The van der Waals surface area contributed by atoms with E-state index in [1.807, 2.05) is 25.2 Å². The predicted octanol–water partition coefficient (Wildman–Crippen LogP) is 1.19. The van der Waals surface area contributed by atoms with Crippen LogP contribution in [0.1, 0.15) is 11.5 Å². The molecule has 3 N–H and O–H groups in total. The van der Waals surface area contributed by atoms with Crippen LogP contribution in [0.4, 0.5) is 5.69 Å². The summed E-state index contributed by atoms with van der Waals surface area (Å²) in [6.07, 6.45) is 0. The Kier molecular flexibility index (Phi) is 2.87. The topological polar surface area (TPSA) is 49.5 Å². The van der Waals surface area contributed by atoms with E-state index in [9.17, 15) is 0 Å². The van der Waals surface area contributed by atoms with Crippen LogP contribution in [0.5, 0.6) is 0 Å². The molecule has 0 spiro atoms. The van der Waals surface area contributed by atoms with E-state index in [1.54, 1.807) is 0 Å². The molecule has 1 heterocycles. The van der Waals surface area contributed by atoms with Gasteiger partial charge in [0, 0.05) is 25.6 Å². The third kappa shape index (κ3) is 1.71. The van der Waals surface area contributed by atoms with E-state index in [4.69, 9.17) is 22.4 Å². The highest BCUT2D eigenvalue weighted by Gasteiger charge is 2.31. The van der Waals surface area contributed by atoms with Crippen LogP contribution >= 0.6 is 11.6 Å². The summed E-state index contributed by atoms with van der Waals surface area (Å²) >= 11 is 6.13. The van der Waals surface area contributed by atoms with E-state index < -0.39 is 0 Å². The maximum absolute atomic E-state index is 9.10. The second kappa shape index (κ2) is 4.00. The van der Waals surface area contributed by atoms with Gasteiger partial charge in [0.2, 0.25) is 0 Å². The van der Waals surface area contributed by atoms with Gasteiger partial charge in [-0.25, -0.2) is 0 Å². The molecule has 15 heavy (non-hydrogen) atoms. The highest BCUT2D eigenvalue weighted by Crippen LogP contribution is 2.41. The van der Waals surface area contributed by atoms with Crippen molar-refractivity contribution in [3.63, 3.8) is 0 Å². The van der Waals surface area contributed by atoms with E-state index >= 15 is 0 Å². The number of likely N-dealkylation sites (N-methyl/N-ethyl adjacent to an activating group) is 1. The first-order chi connectivity index (χ1) is 7.15. The summed E-state index contributed by atoms with van der Waals surface area (Å²) in [6.45, 7) is 0.825. The number of hydrogen-bond donors (Lipinski definition) is 2. The van der Waals surface area contributed by atoms with Gasteiger partial charge in [0.25, 0.3) is 0 Å². The van der Waals surface area contributed by atoms with Crippen LogP contribution in [-0.4, -0.2) is 31.3 Å². The fourth-order valence-corrected chi connectivity index (χ4v) is 2.54. The molecule has 1 aromatic rings. The van der Waals surface area contributed by atoms with E-state index in [0.29, 0.717) is 0 Å². The van der Waals surface area contributed by atoms with Crippen molar-refractivity contribution in [1.29, 1.82) is 0 Å². The third-order valence-electron chi connectivity index (χ3n) is 3.00. The second-order valence-corrected chi connectivity index (χ2v) is 4.42. The molecule has 82 valence electrons. The normalized spacial score (nSPS) is 21.6. The molecule has 1 aromatic carbocycles. The van der Waals surface area contributed by atoms with Crippen molar-refractivity contribution in [2.75, 3.05) is 25.1 Å². The first-order valence-electron chi connectivity index (χ1n) is 5.01. The maximum atomic E-state index is 9.10. The average molecular weight is 227 g/mol. The van der Waals surface area contributed by atoms with Gasteiger partial charge in [-0.2, -0.15) is 0 Å². The second-order valence-electron chi connectivity index (χ2n) is 4.01. The predicted molar refractivity (Wildman–Crippen MR) is 62.5 cm³/mol. The highest BCUT2D eigenvalue weighted by molar-refractivity contribution is 6.33. The molecule has 0 radical (unpaired) electrons. The number of aliphatic hydroxyl groups excluding tert-OH is 1. The molecule has 0 saturated heterocycles. The number of nitrogens with zero attached hydrogens (tertiary/aromatic N) is 1. The lowest BCUT2D eigenvalue weighted by molar-refractivity contribution is 0.251. The summed E-state index contributed by atoms with van der Waals surface area (Å²) in [7, 11) is 1.99. The zero-order valence-electron chi connectivity index (χ0n) is 8.65. The van der Waals surface area contributed by atoms with Crippen LogP contribution < -0.4 is 10.6 Å². The molecule has 3 nitrogen and oxygen atoms in total. The van der Waals surface area contributed by atoms with Crippen LogP contribution in [0.2, 0.25) is 5.02 Å². The largest absolute Gasteiger partial charge is 0.395 e. The van der Waals surface area contributed by atoms with Crippen LogP contribution in [-0.2, 0) is 0 Å². The lowest BCUT2D eigenvalue weighted by Crippen LogP contribution is -2.34. The van der Waals surface area contributed by atoms with Crippen molar-refractivity contribution >= 4 is 17.3 Å². The Labute approximate surface area is 94.4 Å². The number of anilines is 1. The molecule has 2 atom stereocenters. The van der Waals surface area contributed by atoms with Gasteiger partial charge in [-0.3, -0.25) is 0 Å². The molecule has 4 heteroatoms. The molecule has 2 unspecified atom stereocenters. The van der Waals surface area contributed by atoms with Gasteiger partial charge in [0.1, 0.15) is 0 Å². The van der Waals surface area contributed by atoms with Crippen molar-refractivity contribution in [3.8, 4) is 0 Å². The summed E-state index contributed by atoms with van der Waals surface area (Å²) in [5.41, 5.74) is 8.08. The van der Waals surface area contributed by atoms with Crippen molar-refractivity contribution in [3.05, 3.63) is 28.8 Å². The molecule has 0 fully saturated rings. The fourth-order valence-electron chi connectivity index (χ4n) is 2.21. The summed E-state index contributed by atoms with van der Waals surface area (Å²) in [5, 5.41) is 9.85. The van der Waals surface area contributed by atoms with Crippen LogP contribution in [0.15, 0.2) is 18.2 Å². The summed E-state index contributed by atoms with van der Waals surface area (Å²) < 4.78 is 0. The molecule has 0 amide bonds. The lowest BCUT2D eigenvalue weighted by Gasteiger charge is -2.17. The smallest absolute Gasteiger partial charge is 0.0642 e. The molecule has 1 aliphatic heterocycles. The number of hydrogen-bond acceptors (Lipinski definition) is 3. The first-order valence-corrected chi connectivity index (χ1v) is 5.39. The Morgan fingerprint density at radius 1 is 1.67 bits per heavy atom. The SMILES string of the molecule is CN1CC(C(N)CO)c2cccc(Cl)c21. The lowest BCUT2D eigenvalue weighted by atomic mass is 9.94. The van der Waals surface area contributed by atoms with Crippen molar-refractivity contribution in [2.45, 2.75) is 12.0 Å². The zero-order valence-corrected chi connectivity index (χ0v) is 9.41. The third-order valence-corrected chi connectivity index (χ3v) is 3.30. The fraction of sp³-hybridized carbons (Fsp3) is 0.455. The molecule has 1 aliphatic rings. The molecular formula is C11H15ClN2O. The molecule has 0 aromatic heterocycles. The van der Waals surface area contributed by atoms with Crippen molar-refractivity contribution in [2.24, 2.45) is 5.73 Å². The standard InChI is InChI=1S/C11H15ClN2O/c1-14-5-8(10(13)6-15)7-3-2-4-9(12)11(7)14/h2-4,8,10,15H,5-6,13H2,1H3. The Balaban J connectivity index is 2.42. The highest BCUT2D eigenvalue weighted by atomic mass is 35.5. The first kappa shape index (κ1) is 10.7. The minimum Gasteiger partial charge on any atom is -0.395 e. The summed E-state index contributed by atoms with van der Waals surface area (Å²) in [6, 6.07) is 5.62. The average Bonchev–Trinajstić information content (AvgIpc) is 2.56. The van der Waals surface area contributed by atoms with Crippen molar-refractivity contribution in [1.82, 2.24) is 0 Å².